The SMILES string of the molecule is CC(=O)N(CC1CC1)CC(O)[C@@]12CC[C@]3(C)[C@H](CC[C@@H]4[C@@]5(C)CC=C(c6ccc(C(=O)O)cc6)C(C)(C)[C@@H]5CC[C@]43C)C1=C(C(C)C)C(=O)C2. The minimum Gasteiger partial charge on any atom is -0.478 e. The number of amides is 1. The van der Waals surface area contributed by atoms with Crippen molar-refractivity contribution in [3.05, 3.63) is 52.6 Å². The fraction of sp³-hybridized carbons (Fsp3) is 0.705. The van der Waals surface area contributed by atoms with E-state index in [0.29, 0.717) is 42.8 Å². The van der Waals surface area contributed by atoms with Gasteiger partial charge >= 0.3 is 5.97 Å². The molecule has 6 aliphatic carbocycles. The van der Waals surface area contributed by atoms with Crippen LogP contribution >= 0.6 is 0 Å². The molecule has 6 heteroatoms. The Morgan fingerprint density at radius 2 is 1.58 bits per heavy atom. The summed E-state index contributed by atoms with van der Waals surface area (Å²) in [6, 6.07) is 7.46. The lowest BCUT2D eigenvalue weighted by atomic mass is 9.33. The summed E-state index contributed by atoms with van der Waals surface area (Å²) in [4.78, 5) is 40.3. The summed E-state index contributed by atoms with van der Waals surface area (Å²) in [5.41, 5.74) is 4.62. The van der Waals surface area contributed by atoms with Gasteiger partial charge in [0.1, 0.15) is 0 Å². The van der Waals surface area contributed by atoms with Crippen LogP contribution < -0.4 is 0 Å². The number of carbonyl (C=O) groups excluding carboxylic acids is 2. The fourth-order valence-corrected chi connectivity index (χ4v) is 13.3. The van der Waals surface area contributed by atoms with Crippen LogP contribution in [0.5, 0.6) is 0 Å². The summed E-state index contributed by atoms with van der Waals surface area (Å²) in [6.07, 6.45) is 11.7. The second-order valence-electron chi connectivity index (χ2n) is 19.2. The second kappa shape index (κ2) is 11.9. The molecule has 0 saturated heterocycles. The van der Waals surface area contributed by atoms with E-state index >= 15 is 0 Å². The van der Waals surface area contributed by atoms with Gasteiger partial charge in [-0.15, -0.1) is 0 Å². The van der Waals surface area contributed by atoms with Crippen molar-refractivity contribution in [2.75, 3.05) is 13.1 Å². The molecule has 0 aromatic heterocycles. The highest BCUT2D eigenvalue weighted by atomic mass is 16.4. The number of fused-ring (bicyclic) bond motifs is 7. The first-order chi connectivity index (χ1) is 23.4. The molecule has 272 valence electrons. The first-order valence-corrected chi connectivity index (χ1v) is 19.7. The topological polar surface area (TPSA) is 94.9 Å². The number of rotatable bonds is 8. The van der Waals surface area contributed by atoms with Gasteiger partial charge in [0, 0.05) is 31.8 Å². The third-order valence-corrected chi connectivity index (χ3v) is 16.2. The van der Waals surface area contributed by atoms with E-state index in [9.17, 15) is 24.6 Å². The first-order valence-electron chi connectivity index (χ1n) is 19.7. The Morgan fingerprint density at radius 1 is 0.900 bits per heavy atom. The number of nitrogens with zero attached hydrogens (tertiary/aromatic N) is 1. The number of hydrogen-bond donors (Lipinski definition) is 2. The number of hydrogen-bond acceptors (Lipinski definition) is 4. The zero-order valence-electron chi connectivity index (χ0n) is 31.9. The van der Waals surface area contributed by atoms with Gasteiger partial charge in [-0.1, -0.05) is 72.2 Å². The van der Waals surface area contributed by atoms with Crippen molar-refractivity contribution in [1.82, 2.24) is 4.90 Å². The monoisotopic (exact) mass is 683 g/mol. The molecule has 1 aromatic carbocycles. The molecule has 8 atom stereocenters. The molecule has 4 fully saturated rings. The zero-order chi connectivity index (χ0) is 36.2. The molecule has 50 heavy (non-hydrogen) atoms. The highest BCUT2D eigenvalue weighted by Crippen LogP contribution is 2.77. The molecule has 0 bridgehead atoms. The summed E-state index contributed by atoms with van der Waals surface area (Å²) in [6.45, 7) is 19.5. The van der Waals surface area contributed by atoms with Gasteiger partial charge in [-0.2, -0.15) is 0 Å². The van der Waals surface area contributed by atoms with Crippen LogP contribution in [0.2, 0.25) is 0 Å². The van der Waals surface area contributed by atoms with E-state index in [2.05, 4.69) is 54.5 Å². The smallest absolute Gasteiger partial charge is 0.335 e. The largest absolute Gasteiger partial charge is 0.478 e. The van der Waals surface area contributed by atoms with Gasteiger partial charge in [-0.05, 0) is 138 Å². The minimum atomic E-state index is -0.893. The van der Waals surface area contributed by atoms with Crippen LogP contribution in [0.1, 0.15) is 136 Å². The number of Topliss-reactive ketones (excluding diaryl/α,β-unsaturated/α-hetero) is 1. The molecule has 2 N–H and O–H groups in total. The number of ketones is 1. The zero-order valence-corrected chi connectivity index (χ0v) is 31.9. The van der Waals surface area contributed by atoms with Gasteiger partial charge in [-0.25, -0.2) is 4.79 Å². The van der Waals surface area contributed by atoms with E-state index in [0.717, 1.165) is 68.9 Å². The van der Waals surface area contributed by atoms with Crippen molar-refractivity contribution in [3.8, 4) is 0 Å². The molecule has 1 aromatic rings. The second-order valence-corrected chi connectivity index (χ2v) is 19.2. The summed E-state index contributed by atoms with van der Waals surface area (Å²) < 4.78 is 0. The van der Waals surface area contributed by atoms with E-state index in [4.69, 9.17) is 0 Å². The molecule has 0 heterocycles. The molecule has 6 nitrogen and oxygen atoms in total. The number of carbonyl (C=O) groups is 3. The van der Waals surface area contributed by atoms with E-state index in [1.165, 1.54) is 11.1 Å². The highest BCUT2D eigenvalue weighted by molar-refractivity contribution is 6.01. The number of aliphatic hydroxyl groups is 1. The van der Waals surface area contributed by atoms with Gasteiger partial charge in [0.05, 0.1) is 11.7 Å². The number of benzene rings is 1. The summed E-state index contributed by atoms with van der Waals surface area (Å²) in [7, 11) is 0. The highest BCUT2D eigenvalue weighted by Gasteiger charge is 2.70. The van der Waals surface area contributed by atoms with E-state index in [1.807, 2.05) is 17.0 Å². The van der Waals surface area contributed by atoms with Crippen LogP contribution in [0.15, 0.2) is 41.5 Å². The molecule has 0 radical (unpaired) electrons. The average Bonchev–Trinajstić information content (AvgIpc) is 3.80. The number of carboxylic acid groups (broad SMARTS) is 1. The molecule has 0 spiro atoms. The molecule has 4 saturated carbocycles. The van der Waals surface area contributed by atoms with E-state index < -0.39 is 17.5 Å². The lowest BCUT2D eigenvalue weighted by Crippen LogP contribution is -2.64. The van der Waals surface area contributed by atoms with E-state index in [-0.39, 0.29) is 45.2 Å². The van der Waals surface area contributed by atoms with Crippen LogP contribution in [0.3, 0.4) is 0 Å². The molecular weight excluding hydrogens is 622 g/mol. The lowest BCUT2D eigenvalue weighted by molar-refractivity contribution is -0.200. The number of aliphatic hydroxyl groups excluding tert-OH is 1. The van der Waals surface area contributed by atoms with Crippen molar-refractivity contribution in [1.29, 1.82) is 0 Å². The van der Waals surface area contributed by atoms with Crippen molar-refractivity contribution in [3.63, 3.8) is 0 Å². The molecule has 7 rings (SSSR count). The molecule has 1 unspecified atom stereocenters. The van der Waals surface area contributed by atoms with E-state index in [1.54, 1.807) is 19.1 Å². The molecule has 0 aliphatic heterocycles. The van der Waals surface area contributed by atoms with Gasteiger partial charge in [0.25, 0.3) is 0 Å². The van der Waals surface area contributed by atoms with Gasteiger partial charge in [-0.3, -0.25) is 9.59 Å². The molecule has 1 amide bonds. The van der Waals surface area contributed by atoms with Crippen LogP contribution in [-0.4, -0.2) is 52.0 Å². The fourth-order valence-electron chi connectivity index (χ4n) is 13.3. The average molecular weight is 684 g/mol. The van der Waals surface area contributed by atoms with Gasteiger partial charge in [0.15, 0.2) is 5.78 Å². The van der Waals surface area contributed by atoms with Crippen molar-refractivity contribution < 1.29 is 24.6 Å². The Kier molecular flexibility index (Phi) is 8.49. The molecular formula is C44H61NO5. The van der Waals surface area contributed by atoms with Gasteiger partial charge < -0.3 is 15.1 Å². The third-order valence-electron chi connectivity index (χ3n) is 16.2. The van der Waals surface area contributed by atoms with Crippen molar-refractivity contribution >= 4 is 23.2 Å². The number of carboxylic acids is 1. The normalized spacial score (nSPS) is 38.1. The van der Waals surface area contributed by atoms with Crippen LogP contribution in [0.25, 0.3) is 5.57 Å². The van der Waals surface area contributed by atoms with Crippen molar-refractivity contribution in [2.45, 2.75) is 126 Å². The standard InChI is InChI=1S/C44H61NO5/c1-26(2)37-33(47)23-44(36(48)25-45(27(3)46)24-28-9-10-28)22-21-42(7)32(38(37)44)15-16-35-41(6)19-17-31(29-11-13-30(14-12-29)39(49)50)40(4,5)34(41)18-20-43(35,42)8/h11-14,17,26,28,32,34-36,48H,9-10,15-16,18-25H2,1-8H3,(H,49,50)/t32-,34+,35-,36?,41+,42-,43-,44+/m1/s1. The number of aromatic carboxylic acids is 1. The quantitative estimate of drug-likeness (QED) is 0.285. The van der Waals surface area contributed by atoms with Crippen molar-refractivity contribution in [2.24, 2.45) is 56.7 Å². The summed E-state index contributed by atoms with van der Waals surface area (Å²) in [5, 5.41) is 21.8. The third kappa shape index (κ3) is 5.07. The Hall–Kier alpha value is -2.73. The maximum atomic E-state index is 14.1. The Bertz CT molecular complexity index is 1650. The van der Waals surface area contributed by atoms with Gasteiger partial charge in [0.2, 0.25) is 5.91 Å². The predicted molar refractivity (Wildman–Crippen MR) is 197 cm³/mol. The predicted octanol–water partition coefficient (Wildman–Crippen LogP) is 8.98. The summed E-state index contributed by atoms with van der Waals surface area (Å²) >= 11 is 0. The lowest BCUT2D eigenvalue weighted by Gasteiger charge is -2.71. The van der Waals surface area contributed by atoms with Crippen LogP contribution in [0.4, 0.5) is 0 Å². The van der Waals surface area contributed by atoms with Crippen LogP contribution in [-0.2, 0) is 9.59 Å². The Morgan fingerprint density at radius 3 is 2.18 bits per heavy atom. The Balaban J connectivity index is 1.23. The minimum absolute atomic E-state index is 0.00226. The Labute approximate surface area is 300 Å². The summed E-state index contributed by atoms with van der Waals surface area (Å²) in [5.74, 6) is 1.29. The maximum Gasteiger partial charge on any atom is 0.335 e. The number of allylic oxidation sites excluding steroid dienone is 3. The molecule has 6 aliphatic rings. The first kappa shape index (κ1) is 35.7. The maximum absolute atomic E-state index is 14.1. The van der Waals surface area contributed by atoms with Crippen LogP contribution in [0, 0.1) is 56.7 Å².